The Morgan fingerprint density at radius 1 is 1.05 bits per heavy atom. The predicted molar refractivity (Wildman–Crippen MR) is 83.2 cm³/mol. The van der Waals surface area contributed by atoms with Crippen LogP contribution in [0.1, 0.15) is 20.7 Å². The molecule has 5 N–H and O–H groups in total. The number of anilines is 1. The van der Waals surface area contributed by atoms with Gasteiger partial charge in [0.05, 0.1) is 16.8 Å². The van der Waals surface area contributed by atoms with Gasteiger partial charge in [-0.15, -0.1) is 0 Å². The van der Waals surface area contributed by atoms with Gasteiger partial charge in [0.2, 0.25) is 0 Å². The summed E-state index contributed by atoms with van der Waals surface area (Å²) < 4.78 is 0.788. The highest BCUT2D eigenvalue weighted by atomic mass is 79.9. The number of amides is 2. The predicted octanol–water partition coefficient (Wildman–Crippen LogP) is 1.57. The average Bonchev–Trinajstić information content (AvgIpc) is 2.52. The molecule has 108 valence electrons. The topological polar surface area (TPSA) is 101 Å². The first kappa shape index (κ1) is 15.2. The number of carbonyl (C=O) groups excluding carboxylic acids is 2. The molecule has 0 aromatic heterocycles. The molecule has 0 saturated heterocycles. The number of nitrogens with two attached hydrogens (primary N) is 2. The fourth-order valence-electron chi connectivity index (χ4n) is 1.82. The highest BCUT2D eigenvalue weighted by molar-refractivity contribution is 9.10. The molecule has 0 fully saturated rings. The Morgan fingerprint density at radius 2 is 1.71 bits per heavy atom. The molecule has 0 spiro atoms. The lowest BCUT2D eigenvalue weighted by molar-refractivity contribution is 0.0933. The van der Waals surface area contributed by atoms with Crippen LogP contribution in [0.5, 0.6) is 0 Å². The summed E-state index contributed by atoms with van der Waals surface area (Å²) in [7, 11) is 0. The Balaban J connectivity index is 2.38. The molecule has 2 amide bonds. The van der Waals surface area contributed by atoms with Crippen molar-refractivity contribution in [3.63, 3.8) is 0 Å². The van der Waals surface area contributed by atoms with E-state index in [1.165, 1.54) is 12.1 Å². The summed E-state index contributed by atoms with van der Waals surface area (Å²) in [5.41, 5.74) is 2.84. The molecule has 0 bridgehead atoms. The Kier molecular flexibility index (Phi) is 4.69. The minimum absolute atomic E-state index is 0.162. The normalized spacial score (nSPS) is 10.0. The highest BCUT2D eigenvalue weighted by Crippen LogP contribution is 2.20. The summed E-state index contributed by atoms with van der Waals surface area (Å²) in [6, 6.07) is 13.3. The Morgan fingerprint density at radius 3 is 2.33 bits per heavy atom. The van der Waals surface area contributed by atoms with Crippen LogP contribution in [0.15, 0.2) is 53.0 Å². The van der Waals surface area contributed by atoms with E-state index in [4.69, 9.17) is 11.7 Å². The largest absolute Gasteiger partial charge is 0.290 e. The van der Waals surface area contributed by atoms with Gasteiger partial charge in [0.25, 0.3) is 11.8 Å². The van der Waals surface area contributed by atoms with Crippen LogP contribution in [-0.4, -0.2) is 11.8 Å². The molecule has 0 aliphatic rings. The zero-order valence-electron chi connectivity index (χ0n) is 10.9. The molecular formula is C14H13BrN4O2. The van der Waals surface area contributed by atoms with Gasteiger partial charge in [0, 0.05) is 4.47 Å². The summed E-state index contributed by atoms with van der Waals surface area (Å²) >= 11 is 3.31. The first-order valence-electron chi connectivity index (χ1n) is 5.99. The monoisotopic (exact) mass is 348 g/mol. The maximum atomic E-state index is 12.5. The van der Waals surface area contributed by atoms with E-state index in [2.05, 4.69) is 15.9 Å². The zero-order chi connectivity index (χ0) is 15.4. The van der Waals surface area contributed by atoms with Crippen molar-refractivity contribution in [1.29, 1.82) is 0 Å². The molecule has 7 heteroatoms. The molecule has 0 unspecified atom stereocenters. The smallest absolute Gasteiger partial charge is 0.273 e. The van der Waals surface area contributed by atoms with Gasteiger partial charge >= 0.3 is 0 Å². The van der Waals surface area contributed by atoms with Gasteiger partial charge < -0.3 is 0 Å². The van der Waals surface area contributed by atoms with Gasteiger partial charge in [-0.1, -0.05) is 34.1 Å². The third kappa shape index (κ3) is 3.27. The lowest BCUT2D eigenvalue weighted by Crippen LogP contribution is -2.39. The Labute approximate surface area is 129 Å². The first-order valence-corrected chi connectivity index (χ1v) is 6.78. The molecule has 2 rings (SSSR count). The number of rotatable bonds is 3. The van der Waals surface area contributed by atoms with E-state index in [0.717, 1.165) is 9.48 Å². The summed E-state index contributed by atoms with van der Waals surface area (Å²) in [6.07, 6.45) is 0. The molecule has 2 aromatic rings. The lowest BCUT2D eigenvalue weighted by Gasteiger charge is -2.18. The molecule has 2 aromatic carbocycles. The zero-order valence-corrected chi connectivity index (χ0v) is 12.5. The van der Waals surface area contributed by atoms with Crippen molar-refractivity contribution in [2.45, 2.75) is 0 Å². The maximum Gasteiger partial charge on any atom is 0.273 e. The summed E-state index contributed by atoms with van der Waals surface area (Å²) in [5.74, 6) is 9.91. The second kappa shape index (κ2) is 6.49. The second-order valence-corrected chi connectivity index (χ2v) is 5.09. The second-order valence-electron chi connectivity index (χ2n) is 4.17. The van der Waals surface area contributed by atoms with Crippen molar-refractivity contribution in [3.05, 3.63) is 64.1 Å². The van der Waals surface area contributed by atoms with Gasteiger partial charge in [-0.05, 0) is 30.3 Å². The van der Waals surface area contributed by atoms with E-state index in [-0.39, 0.29) is 11.1 Å². The van der Waals surface area contributed by atoms with E-state index < -0.39 is 11.8 Å². The minimum Gasteiger partial charge on any atom is -0.290 e. The number of nitrogen functional groups attached to an aromatic ring is 1. The standard InChI is InChI=1S/C14H13BrN4O2/c15-9-4-3-5-10(8-9)19(17)14(21)12-7-2-1-6-11(12)13(20)18-16/h1-8H,16-17H2,(H,18,20). The van der Waals surface area contributed by atoms with Gasteiger partial charge in [0.15, 0.2) is 0 Å². The molecule has 0 atom stereocenters. The summed E-state index contributed by atoms with van der Waals surface area (Å²) in [6.45, 7) is 0. The maximum absolute atomic E-state index is 12.5. The lowest BCUT2D eigenvalue weighted by atomic mass is 10.1. The Hall–Kier alpha value is -2.22. The Bertz CT molecular complexity index is 690. The number of nitrogens with one attached hydrogen (secondary N) is 1. The van der Waals surface area contributed by atoms with Crippen molar-refractivity contribution < 1.29 is 9.59 Å². The van der Waals surface area contributed by atoms with Crippen molar-refractivity contribution in [2.24, 2.45) is 11.7 Å². The number of hydrogen-bond donors (Lipinski definition) is 3. The third-order valence-electron chi connectivity index (χ3n) is 2.84. The fourth-order valence-corrected chi connectivity index (χ4v) is 2.21. The number of benzene rings is 2. The van der Waals surface area contributed by atoms with E-state index in [1.54, 1.807) is 30.3 Å². The summed E-state index contributed by atoms with van der Waals surface area (Å²) in [4.78, 5) is 24.2. The van der Waals surface area contributed by atoms with Crippen LogP contribution < -0.4 is 22.1 Å². The molecule has 0 aliphatic carbocycles. The number of halogens is 1. The number of nitrogens with zero attached hydrogens (tertiary/aromatic N) is 1. The quantitative estimate of drug-likeness (QED) is 0.445. The van der Waals surface area contributed by atoms with Crippen LogP contribution in [0.4, 0.5) is 5.69 Å². The van der Waals surface area contributed by atoms with Gasteiger partial charge in [0.1, 0.15) is 0 Å². The number of hydrogen-bond acceptors (Lipinski definition) is 4. The van der Waals surface area contributed by atoms with Crippen molar-refractivity contribution in [1.82, 2.24) is 5.43 Å². The van der Waals surface area contributed by atoms with E-state index in [9.17, 15) is 9.59 Å². The summed E-state index contributed by atoms with van der Waals surface area (Å²) in [5, 5.41) is 0.980. The van der Waals surface area contributed by atoms with Crippen molar-refractivity contribution in [3.8, 4) is 0 Å². The van der Waals surface area contributed by atoms with Crippen molar-refractivity contribution in [2.75, 3.05) is 5.01 Å². The molecule has 6 nitrogen and oxygen atoms in total. The third-order valence-corrected chi connectivity index (χ3v) is 3.33. The molecule has 0 aliphatic heterocycles. The van der Waals surface area contributed by atoms with Gasteiger partial charge in [-0.2, -0.15) is 0 Å². The number of carbonyl (C=O) groups is 2. The fraction of sp³-hybridized carbons (Fsp3) is 0. The average molecular weight is 349 g/mol. The van der Waals surface area contributed by atoms with E-state index >= 15 is 0 Å². The SMILES string of the molecule is NNC(=O)c1ccccc1C(=O)N(N)c1cccc(Br)c1. The molecular weight excluding hydrogens is 336 g/mol. The minimum atomic E-state index is -0.554. The molecule has 0 heterocycles. The molecule has 0 saturated carbocycles. The molecule has 0 radical (unpaired) electrons. The van der Waals surface area contributed by atoms with E-state index in [0.29, 0.717) is 5.69 Å². The first-order chi connectivity index (χ1) is 10.0. The van der Waals surface area contributed by atoms with Gasteiger partial charge in [-0.25, -0.2) is 16.7 Å². The van der Waals surface area contributed by atoms with Crippen molar-refractivity contribution >= 4 is 33.4 Å². The van der Waals surface area contributed by atoms with Crippen LogP contribution in [0, 0.1) is 0 Å². The van der Waals surface area contributed by atoms with E-state index in [1.807, 2.05) is 11.5 Å². The van der Waals surface area contributed by atoms with Crippen LogP contribution in [0.3, 0.4) is 0 Å². The van der Waals surface area contributed by atoms with Crippen LogP contribution in [-0.2, 0) is 0 Å². The molecule has 21 heavy (non-hydrogen) atoms. The van der Waals surface area contributed by atoms with Crippen LogP contribution >= 0.6 is 15.9 Å². The van der Waals surface area contributed by atoms with Crippen LogP contribution in [0.25, 0.3) is 0 Å². The van der Waals surface area contributed by atoms with Gasteiger partial charge in [-0.3, -0.25) is 15.0 Å². The van der Waals surface area contributed by atoms with Crippen LogP contribution in [0.2, 0.25) is 0 Å². The number of hydrazine groups is 2. The highest BCUT2D eigenvalue weighted by Gasteiger charge is 2.20.